The Kier molecular flexibility index (Phi) is 3.48. The zero-order valence-electron chi connectivity index (χ0n) is 12.4. The van der Waals surface area contributed by atoms with Crippen LogP contribution in [0.3, 0.4) is 0 Å². The van der Waals surface area contributed by atoms with Gasteiger partial charge in [-0.3, -0.25) is 0 Å². The predicted octanol–water partition coefficient (Wildman–Crippen LogP) is 2.61. The third kappa shape index (κ3) is 2.42. The summed E-state index contributed by atoms with van der Waals surface area (Å²) in [5.41, 5.74) is 2.07. The molecule has 0 amide bonds. The molecule has 1 aromatic carbocycles. The highest BCUT2D eigenvalue weighted by atomic mass is 16.5. The van der Waals surface area contributed by atoms with Gasteiger partial charge in [0, 0.05) is 32.4 Å². The molecule has 5 nitrogen and oxygen atoms in total. The fourth-order valence-electron chi connectivity index (χ4n) is 2.53. The Morgan fingerprint density at radius 1 is 1.19 bits per heavy atom. The monoisotopic (exact) mass is 282 g/mol. The molecule has 3 rings (SSSR count). The summed E-state index contributed by atoms with van der Waals surface area (Å²) in [7, 11) is 5.71. The average molecular weight is 282 g/mol. The Morgan fingerprint density at radius 2 is 2.00 bits per heavy atom. The summed E-state index contributed by atoms with van der Waals surface area (Å²) < 4.78 is 7.41. The number of aromatic nitrogens is 3. The van der Waals surface area contributed by atoms with E-state index in [1.54, 1.807) is 13.4 Å². The highest BCUT2D eigenvalue weighted by Crippen LogP contribution is 2.26. The minimum Gasteiger partial charge on any atom is -0.496 e. The predicted molar refractivity (Wildman–Crippen MR) is 83.6 cm³/mol. The van der Waals surface area contributed by atoms with Gasteiger partial charge in [-0.05, 0) is 12.1 Å². The Hall–Kier alpha value is -2.56. The molecular weight excluding hydrogens is 264 g/mol. The molecule has 0 radical (unpaired) electrons. The third-order valence-electron chi connectivity index (χ3n) is 3.60. The van der Waals surface area contributed by atoms with Crippen LogP contribution >= 0.6 is 0 Å². The number of aryl methyl sites for hydroxylation is 1. The lowest BCUT2D eigenvalue weighted by molar-refractivity contribution is 0.409. The van der Waals surface area contributed by atoms with Gasteiger partial charge in [-0.1, -0.05) is 18.2 Å². The van der Waals surface area contributed by atoms with E-state index < -0.39 is 0 Å². The molecule has 3 aromatic rings. The van der Waals surface area contributed by atoms with Gasteiger partial charge in [0.05, 0.1) is 12.5 Å². The highest BCUT2D eigenvalue weighted by Gasteiger charge is 2.12. The van der Waals surface area contributed by atoms with Gasteiger partial charge < -0.3 is 14.2 Å². The van der Waals surface area contributed by atoms with Crippen molar-refractivity contribution in [1.29, 1.82) is 0 Å². The molecule has 0 aliphatic heterocycles. The molecule has 0 N–H and O–H groups in total. The third-order valence-corrected chi connectivity index (χ3v) is 3.60. The minimum absolute atomic E-state index is 0.727. The van der Waals surface area contributed by atoms with Gasteiger partial charge in [0.25, 0.3) is 0 Å². The first-order valence-electron chi connectivity index (χ1n) is 6.79. The Bertz CT molecular complexity index is 766. The number of hydrogen-bond donors (Lipinski definition) is 0. The van der Waals surface area contributed by atoms with Crippen molar-refractivity contribution in [1.82, 2.24) is 14.5 Å². The second kappa shape index (κ2) is 5.44. The molecule has 0 unspecified atom stereocenters. The summed E-state index contributed by atoms with van der Waals surface area (Å²) in [6.45, 7) is 0.727. The zero-order valence-corrected chi connectivity index (χ0v) is 12.4. The molecule has 2 aromatic heterocycles. The van der Waals surface area contributed by atoms with Crippen molar-refractivity contribution in [3.63, 3.8) is 0 Å². The number of fused-ring (bicyclic) bond motifs is 1. The molecule has 0 saturated heterocycles. The number of para-hydroxylation sites is 1. The van der Waals surface area contributed by atoms with E-state index in [0.717, 1.165) is 34.7 Å². The molecule has 0 atom stereocenters. The molecular formula is C16H18N4O. The summed E-state index contributed by atoms with van der Waals surface area (Å²) in [5, 5.41) is 1.05. The molecule has 21 heavy (non-hydrogen) atoms. The maximum Gasteiger partial charge on any atom is 0.145 e. The number of nitrogens with zero attached hydrogens (tertiary/aromatic N) is 4. The summed E-state index contributed by atoms with van der Waals surface area (Å²) in [4.78, 5) is 10.9. The smallest absolute Gasteiger partial charge is 0.145 e. The van der Waals surface area contributed by atoms with Crippen LogP contribution in [0.4, 0.5) is 5.82 Å². The van der Waals surface area contributed by atoms with Gasteiger partial charge in [-0.25, -0.2) is 9.97 Å². The van der Waals surface area contributed by atoms with Crippen LogP contribution in [0, 0.1) is 0 Å². The van der Waals surface area contributed by atoms with E-state index in [0.29, 0.717) is 0 Å². The number of ether oxygens (including phenoxy) is 1. The van der Waals surface area contributed by atoms with Crippen molar-refractivity contribution < 1.29 is 4.74 Å². The van der Waals surface area contributed by atoms with Gasteiger partial charge in [0.2, 0.25) is 0 Å². The lowest BCUT2D eigenvalue weighted by Crippen LogP contribution is -2.18. The first-order chi connectivity index (χ1) is 10.2. The SMILES string of the molecule is COc1ccccc1CN(C)c1ncnc2c1ccn2C. The molecule has 0 saturated carbocycles. The molecule has 0 aliphatic rings. The van der Waals surface area contributed by atoms with Gasteiger partial charge in [0.15, 0.2) is 0 Å². The maximum atomic E-state index is 5.41. The second-order valence-corrected chi connectivity index (χ2v) is 5.03. The van der Waals surface area contributed by atoms with Crippen LogP contribution in [0.5, 0.6) is 5.75 Å². The molecule has 108 valence electrons. The van der Waals surface area contributed by atoms with Crippen LogP contribution in [-0.4, -0.2) is 28.7 Å². The molecule has 5 heteroatoms. The van der Waals surface area contributed by atoms with E-state index in [-0.39, 0.29) is 0 Å². The number of rotatable bonds is 4. The normalized spacial score (nSPS) is 10.8. The lowest BCUT2D eigenvalue weighted by Gasteiger charge is -2.20. The quantitative estimate of drug-likeness (QED) is 0.738. The lowest BCUT2D eigenvalue weighted by atomic mass is 10.2. The van der Waals surface area contributed by atoms with Crippen molar-refractivity contribution in [2.24, 2.45) is 7.05 Å². The van der Waals surface area contributed by atoms with Crippen molar-refractivity contribution in [3.05, 3.63) is 48.4 Å². The van der Waals surface area contributed by atoms with Gasteiger partial charge in [0.1, 0.15) is 23.5 Å². The van der Waals surface area contributed by atoms with Crippen LogP contribution in [-0.2, 0) is 13.6 Å². The van der Waals surface area contributed by atoms with Crippen LogP contribution in [0.25, 0.3) is 11.0 Å². The summed E-state index contributed by atoms with van der Waals surface area (Å²) in [6.07, 6.45) is 3.61. The summed E-state index contributed by atoms with van der Waals surface area (Å²) >= 11 is 0. The first kappa shape index (κ1) is 13.4. The number of benzene rings is 1. The minimum atomic E-state index is 0.727. The molecule has 0 bridgehead atoms. The van der Waals surface area contributed by atoms with Gasteiger partial charge >= 0.3 is 0 Å². The van der Waals surface area contributed by atoms with Gasteiger partial charge in [-0.2, -0.15) is 0 Å². The number of methoxy groups -OCH3 is 1. The van der Waals surface area contributed by atoms with E-state index in [1.165, 1.54) is 0 Å². The van der Waals surface area contributed by atoms with Crippen LogP contribution in [0.15, 0.2) is 42.9 Å². The Labute approximate surface area is 123 Å². The van der Waals surface area contributed by atoms with Crippen LogP contribution in [0.1, 0.15) is 5.56 Å². The van der Waals surface area contributed by atoms with Crippen LogP contribution < -0.4 is 9.64 Å². The van der Waals surface area contributed by atoms with E-state index >= 15 is 0 Å². The standard InChI is InChI=1S/C16H18N4O/c1-19-9-8-13-15(19)17-11-18-16(13)20(2)10-12-6-4-5-7-14(12)21-3/h4-9,11H,10H2,1-3H3. The summed E-state index contributed by atoms with van der Waals surface area (Å²) in [6, 6.07) is 10.1. The highest BCUT2D eigenvalue weighted by molar-refractivity contribution is 5.87. The van der Waals surface area contributed by atoms with Crippen molar-refractivity contribution in [2.45, 2.75) is 6.54 Å². The fraction of sp³-hybridized carbons (Fsp3) is 0.250. The Morgan fingerprint density at radius 3 is 2.81 bits per heavy atom. The topological polar surface area (TPSA) is 43.2 Å². The number of anilines is 1. The van der Waals surface area contributed by atoms with Crippen LogP contribution in [0.2, 0.25) is 0 Å². The van der Waals surface area contributed by atoms with Crippen molar-refractivity contribution in [2.75, 3.05) is 19.1 Å². The van der Waals surface area contributed by atoms with E-state index in [2.05, 4.69) is 20.9 Å². The molecule has 0 aliphatic carbocycles. The second-order valence-electron chi connectivity index (χ2n) is 5.03. The van der Waals surface area contributed by atoms with Crippen molar-refractivity contribution in [3.8, 4) is 5.75 Å². The molecule has 0 spiro atoms. The molecule has 2 heterocycles. The average Bonchev–Trinajstić information content (AvgIpc) is 2.89. The van der Waals surface area contributed by atoms with Gasteiger partial charge in [-0.15, -0.1) is 0 Å². The van der Waals surface area contributed by atoms with E-state index in [1.807, 2.05) is 49.1 Å². The largest absolute Gasteiger partial charge is 0.496 e. The first-order valence-corrected chi connectivity index (χ1v) is 6.79. The number of hydrogen-bond acceptors (Lipinski definition) is 4. The summed E-state index contributed by atoms with van der Waals surface area (Å²) in [5.74, 6) is 1.81. The maximum absolute atomic E-state index is 5.41. The zero-order chi connectivity index (χ0) is 14.8. The van der Waals surface area contributed by atoms with E-state index in [4.69, 9.17) is 4.74 Å². The van der Waals surface area contributed by atoms with E-state index in [9.17, 15) is 0 Å². The van der Waals surface area contributed by atoms with Crippen molar-refractivity contribution >= 4 is 16.9 Å². The molecule has 0 fully saturated rings. The Balaban J connectivity index is 1.95. The fourth-order valence-corrected chi connectivity index (χ4v) is 2.53.